The van der Waals surface area contributed by atoms with E-state index in [1.54, 1.807) is 0 Å². The Bertz CT molecular complexity index is 410. The topological polar surface area (TPSA) is 83.6 Å². The van der Waals surface area contributed by atoms with Crippen LogP contribution in [-0.4, -0.2) is 41.5 Å². The molecule has 0 aromatic carbocycles. The average Bonchev–Trinajstić information content (AvgIpc) is 2.64. The Hall–Kier alpha value is -0.360. The van der Waals surface area contributed by atoms with E-state index in [0.717, 1.165) is 25.7 Å². The Morgan fingerprint density at radius 3 is 1.89 bits per heavy atom. The third-order valence-corrected chi connectivity index (χ3v) is 4.73. The smallest absolute Gasteiger partial charge is 1.00 e. The number of unbranched alkanes of at least 4 members (excludes halogenated alkanes) is 11. The van der Waals surface area contributed by atoms with E-state index < -0.39 is 5.97 Å². The van der Waals surface area contributed by atoms with Crippen LogP contribution in [0.2, 0.25) is 0 Å². The molecule has 3 N–H and O–H groups in total. The maximum atomic E-state index is 12.0. The fourth-order valence-electron chi connectivity index (χ4n) is 3.12. The quantitative estimate of drug-likeness (QED) is 0.195. The molecule has 0 aromatic rings. The number of nitrogens with two attached hydrogens (primary N) is 1. The summed E-state index contributed by atoms with van der Waals surface area (Å²) in [6.07, 6.45) is 20.9. The number of carboxylic acid groups (broad SMARTS) is 1. The van der Waals surface area contributed by atoms with Crippen LogP contribution in [0.25, 0.3) is 0 Å². The van der Waals surface area contributed by atoms with Crippen molar-refractivity contribution in [2.24, 2.45) is 5.73 Å². The summed E-state index contributed by atoms with van der Waals surface area (Å²) in [5.74, 6) is -1.08. The second kappa shape index (κ2) is 22.9. The molecule has 0 aliphatic carbocycles. The van der Waals surface area contributed by atoms with Gasteiger partial charge in [0, 0.05) is 19.5 Å². The van der Waals surface area contributed by atoms with Crippen molar-refractivity contribution < 1.29 is 45.7 Å². The van der Waals surface area contributed by atoms with E-state index in [4.69, 9.17) is 10.8 Å². The zero-order valence-corrected chi connectivity index (χ0v) is 20.5. The molecule has 0 heterocycles. The first kappa shape index (κ1) is 29.8. The summed E-state index contributed by atoms with van der Waals surface area (Å²) in [6, 6.07) is 0. The third-order valence-electron chi connectivity index (χ3n) is 4.73. The SMILES string of the molecule is CCCCCCCC/C=C\CCCCCCCC(=O)N(CCN)CC(=O)O.[H-].[Na+]. The minimum Gasteiger partial charge on any atom is -1.00 e. The van der Waals surface area contributed by atoms with Gasteiger partial charge in [0.05, 0.1) is 0 Å². The molecule has 160 valence electrons. The van der Waals surface area contributed by atoms with E-state index in [0.29, 0.717) is 19.5 Å². The number of rotatable bonds is 19. The molecule has 0 rings (SSSR count). The molecule has 0 unspecified atom stereocenters. The van der Waals surface area contributed by atoms with Crippen LogP contribution >= 0.6 is 0 Å². The van der Waals surface area contributed by atoms with Crippen molar-refractivity contribution in [2.45, 2.75) is 96.8 Å². The van der Waals surface area contributed by atoms with Crippen LogP contribution in [0.5, 0.6) is 0 Å². The van der Waals surface area contributed by atoms with Gasteiger partial charge < -0.3 is 17.2 Å². The van der Waals surface area contributed by atoms with Crippen molar-refractivity contribution in [1.29, 1.82) is 0 Å². The molecule has 0 aliphatic heterocycles. The van der Waals surface area contributed by atoms with Crippen molar-refractivity contribution in [2.75, 3.05) is 19.6 Å². The summed E-state index contributed by atoms with van der Waals surface area (Å²) < 4.78 is 0. The van der Waals surface area contributed by atoms with Gasteiger partial charge in [0.1, 0.15) is 6.54 Å². The van der Waals surface area contributed by atoms with Crippen LogP contribution < -0.4 is 35.3 Å². The van der Waals surface area contributed by atoms with Crippen molar-refractivity contribution in [3.8, 4) is 0 Å². The molecule has 28 heavy (non-hydrogen) atoms. The van der Waals surface area contributed by atoms with Crippen LogP contribution in [0.1, 0.15) is 98.2 Å². The summed E-state index contributed by atoms with van der Waals surface area (Å²) in [4.78, 5) is 24.1. The number of amides is 1. The van der Waals surface area contributed by atoms with E-state index >= 15 is 0 Å². The molecule has 0 aromatic heterocycles. The van der Waals surface area contributed by atoms with Gasteiger partial charge in [0.2, 0.25) is 5.91 Å². The molecular weight excluding hydrogens is 363 g/mol. The van der Waals surface area contributed by atoms with Crippen LogP contribution in [-0.2, 0) is 9.59 Å². The maximum Gasteiger partial charge on any atom is 1.00 e. The molecular formula is C22H43N2NaO3. The summed E-state index contributed by atoms with van der Waals surface area (Å²) in [6.45, 7) is 2.62. The average molecular weight is 407 g/mol. The Morgan fingerprint density at radius 2 is 1.39 bits per heavy atom. The second-order valence-corrected chi connectivity index (χ2v) is 7.33. The number of hydrogen-bond donors (Lipinski definition) is 2. The van der Waals surface area contributed by atoms with Gasteiger partial charge in [0.25, 0.3) is 0 Å². The molecule has 0 saturated carbocycles. The first-order valence-electron chi connectivity index (χ1n) is 11.0. The Morgan fingerprint density at radius 1 is 0.893 bits per heavy atom. The molecule has 1 amide bonds. The number of carbonyl (C=O) groups is 2. The van der Waals surface area contributed by atoms with E-state index in [9.17, 15) is 9.59 Å². The van der Waals surface area contributed by atoms with Gasteiger partial charge in [-0.1, -0.05) is 70.4 Å². The predicted octanol–water partition coefficient (Wildman–Crippen LogP) is 2.01. The van der Waals surface area contributed by atoms with Gasteiger partial charge in [-0.3, -0.25) is 9.59 Å². The largest absolute Gasteiger partial charge is 1.00 e. The van der Waals surface area contributed by atoms with Gasteiger partial charge in [-0.2, -0.15) is 0 Å². The number of allylic oxidation sites excluding steroid dienone is 2. The van der Waals surface area contributed by atoms with Crippen molar-refractivity contribution >= 4 is 11.9 Å². The van der Waals surface area contributed by atoms with Crippen LogP contribution in [0, 0.1) is 0 Å². The van der Waals surface area contributed by atoms with E-state index in [1.807, 2.05) is 0 Å². The standard InChI is InChI=1S/C22H42N2O3.Na.H/c1-2-3-4-5-6-7-8-9-10-11-12-13-14-15-16-17-21(25)24(19-18-23)20-22(26)27;;/h9-10H,2-8,11-20,23H2,1H3,(H,26,27);;/q;+1;-1/b10-9-;;. The summed E-state index contributed by atoms with van der Waals surface area (Å²) in [7, 11) is 0. The molecule has 0 bridgehead atoms. The number of carbonyl (C=O) groups excluding carboxylic acids is 1. The zero-order chi connectivity index (χ0) is 20.2. The maximum absolute atomic E-state index is 12.0. The van der Waals surface area contributed by atoms with E-state index in [2.05, 4.69) is 19.1 Å². The van der Waals surface area contributed by atoms with Gasteiger partial charge in [0.15, 0.2) is 0 Å². The molecule has 0 aliphatic rings. The summed E-state index contributed by atoms with van der Waals surface area (Å²) >= 11 is 0. The molecule has 0 fully saturated rings. The minimum absolute atomic E-state index is 0. The molecule has 0 radical (unpaired) electrons. The molecule has 5 nitrogen and oxygen atoms in total. The summed E-state index contributed by atoms with van der Waals surface area (Å²) in [5, 5.41) is 8.82. The zero-order valence-electron chi connectivity index (χ0n) is 19.5. The Labute approximate surface area is 196 Å². The van der Waals surface area contributed by atoms with Gasteiger partial charge in [-0.05, 0) is 32.1 Å². The Balaban J connectivity index is -0.00000338. The predicted molar refractivity (Wildman–Crippen MR) is 114 cm³/mol. The third kappa shape index (κ3) is 20.4. The normalized spacial score (nSPS) is 10.8. The first-order valence-corrected chi connectivity index (χ1v) is 11.0. The fraction of sp³-hybridized carbons (Fsp3) is 0.818. The van der Waals surface area contributed by atoms with Crippen LogP contribution in [0.4, 0.5) is 0 Å². The molecule has 0 saturated heterocycles. The van der Waals surface area contributed by atoms with Gasteiger partial charge >= 0.3 is 35.5 Å². The van der Waals surface area contributed by atoms with Crippen molar-refractivity contribution in [3.63, 3.8) is 0 Å². The van der Waals surface area contributed by atoms with Crippen molar-refractivity contribution in [3.05, 3.63) is 12.2 Å². The number of hydrogen-bond acceptors (Lipinski definition) is 3. The van der Waals surface area contributed by atoms with E-state index in [1.165, 1.54) is 62.7 Å². The monoisotopic (exact) mass is 406 g/mol. The minimum atomic E-state index is -0.985. The van der Waals surface area contributed by atoms with Crippen molar-refractivity contribution in [1.82, 2.24) is 4.90 Å². The number of carboxylic acids is 1. The fourth-order valence-corrected chi connectivity index (χ4v) is 3.12. The van der Waals surface area contributed by atoms with Gasteiger partial charge in [-0.15, -0.1) is 0 Å². The first-order chi connectivity index (χ1) is 13.1. The Kier molecular flexibility index (Phi) is 24.4. The molecule has 6 heteroatoms. The second-order valence-electron chi connectivity index (χ2n) is 7.33. The molecule has 0 atom stereocenters. The number of aliphatic carboxylic acids is 1. The summed E-state index contributed by atoms with van der Waals surface area (Å²) in [5.41, 5.74) is 5.44. The van der Waals surface area contributed by atoms with E-state index in [-0.39, 0.29) is 43.4 Å². The number of nitrogens with zero attached hydrogens (tertiary/aromatic N) is 1. The van der Waals surface area contributed by atoms with Gasteiger partial charge in [-0.25, -0.2) is 0 Å². The van der Waals surface area contributed by atoms with Crippen LogP contribution in [0.3, 0.4) is 0 Å². The molecule has 0 spiro atoms. The van der Waals surface area contributed by atoms with Crippen LogP contribution in [0.15, 0.2) is 12.2 Å².